The zero-order valence-corrected chi connectivity index (χ0v) is 19.9. The van der Waals surface area contributed by atoms with Gasteiger partial charge in [-0.25, -0.2) is 9.67 Å². The lowest BCUT2D eigenvalue weighted by atomic mass is 10.1. The standard InChI is InChI=1S/C24H20Cl2N6O2/c1-14-11-21(30-31(14)12-17-18(25)5-3-6-19(17)26)28-22(33)13-32-24-23(15(2)29-32)16(8-9-27-24)20-7-4-10-34-20/h3-11H,12-13H2,1-2H3,(H,28,30,33). The van der Waals surface area contributed by atoms with Crippen molar-refractivity contribution in [1.29, 1.82) is 0 Å². The van der Waals surface area contributed by atoms with E-state index in [9.17, 15) is 4.79 Å². The van der Waals surface area contributed by atoms with E-state index in [1.807, 2.05) is 32.0 Å². The van der Waals surface area contributed by atoms with Crippen molar-refractivity contribution in [3.05, 3.63) is 81.9 Å². The van der Waals surface area contributed by atoms with Crippen LogP contribution in [0.3, 0.4) is 0 Å². The van der Waals surface area contributed by atoms with Gasteiger partial charge < -0.3 is 9.73 Å². The molecule has 1 N–H and O–H groups in total. The Hall–Kier alpha value is -3.62. The molecule has 4 heterocycles. The lowest BCUT2D eigenvalue weighted by molar-refractivity contribution is -0.116. The number of hydrogen-bond acceptors (Lipinski definition) is 5. The number of halogens is 2. The highest BCUT2D eigenvalue weighted by molar-refractivity contribution is 6.36. The van der Waals surface area contributed by atoms with Crippen molar-refractivity contribution in [2.24, 2.45) is 0 Å². The molecule has 0 spiro atoms. The number of nitrogens with zero attached hydrogens (tertiary/aromatic N) is 5. The molecule has 1 amide bonds. The van der Waals surface area contributed by atoms with Crippen LogP contribution in [0.1, 0.15) is 17.0 Å². The van der Waals surface area contributed by atoms with Crippen molar-refractivity contribution in [2.75, 3.05) is 5.32 Å². The van der Waals surface area contributed by atoms with Crippen molar-refractivity contribution < 1.29 is 9.21 Å². The van der Waals surface area contributed by atoms with E-state index in [0.29, 0.717) is 28.1 Å². The minimum absolute atomic E-state index is 0.0127. The Morgan fingerprint density at radius 1 is 1.06 bits per heavy atom. The maximum atomic E-state index is 12.8. The van der Waals surface area contributed by atoms with Crippen LogP contribution in [-0.2, 0) is 17.9 Å². The Morgan fingerprint density at radius 2 is 1.85 bits per heavy atom. The molecule has 8 nitrogen and oxygen atoms in total. The van der Waals surface area contributed by atoms with E-state index < -0.39 is 0 Å². The SMILES string of the molecule is Cc1nn(CC(=O)Nc2cc(C)n(Cc3c(Cl)cccc3Cl)n2)c2nccc(-c3ccco3)c12. The molecule has 0 unspecified atom stereocenters. The topological polar surface area (TPSA) is 90.8 Å². The molecule has 0 aliphatic carbocycles. The van der Waals surface area contributed by atoms with Gasteiger partial charge >= 0.3 is 0 Å². The fraction of sp³-hybridized carbons (Fsp3) is 0.167. The highest BCUT2D eigenvalue weighted by atomic mass is 35.5. The third-order valence-electron chi connectivity index (χ3n) is 5.51. The van der Waals surface area contributed by atoms with Gasteiger partial charge in [-0.2, -0.15) is 10.2 Å². The van der Waals surface area contributed by atoms with Crippen LogP contribution in [0, 0.1) is 13.8 Å². The van der Waals surface area contributed by atoms with Gasteiger partial charge in [0.05, 0.1) is 23.9 Å². The van der Waals surface area contributed by atoms with E-state index in [1.165, 1.54) is 0 Å². The van der Waals surface area contributed by atoms with Crippen LogP contribution < -0.4 is 5.32 Å². The average Bonchev–Trinajstić information content (AvgIpc) is 3.52. The lowest BCUT2D eigenvalue weighted by Crippen LogP contribution is -2.20. The number of aromatic nitrogens is 5. The van der Waals surface area contributed by atoms with E-state index in [-0.39, 0.29) is 12.5 Å². The number of aryl methyl sites for hydroxylation is 2. The molecule has 10 heteroatoms. The Morgan fingerprint density at radius 3 is 2.59 bits per heavy atom. The fourth-order valence-corrected chi connectivity index (χ4v) is 4.43. The van der Waals surface area contributed by atoms with Crippen molar-refractivity contribution in [3.8, 4) is 11.3 Å². The summed E-state index contributed by atoms with van der Waals surface area (Å²) in [7, 11) is 0. The number of carbonyl (C=O) groups excluding carboxylic acids is 1. The molecule has 5 rings (SSSR count). The third kappa shape index (κ3) is 4.18. The molecule has 0 bridgehead atoms. The number of nitrogens with one attached hydrogen (secondary N) is 1. The molecular weight excluding hydrogens is 475 g/mol. The van der Waals surface area contributed by atoms with Gasteiger partial charge in [-0.3, -0.25) is 9.48 Å². The smallest absolute Gasteiger partial charge is 0.247 e. The first kappa shape index (κ1) is 22.2. The number of hydrogen-bond donors (Lipinski definition) is 1. The summed E-state index contributed by atoms with van der Waals surface area (Å²) in [5.41, 5.74) is 3.88. The number of furan rings is 1. The Labute approximate surface area is 205 Å². The molecule has 172 valence electrons. The average molecular weight is 495 g/mol. The van der Waals surface area contributed by atoms with Gasteiger partial charge in [-0.1, -0.05) is 29.3 Å². The summed E-state index contributed by atoms with van der Waals surface area (Å²) in [5.74, 6) is 0.886. The van der Waals surface area contributed by atoms with Crippen LogP contribution in [0.25, 0.3) is 22.4 Å². The highest BCUT2D eigenvalue weighted by Gasteiger charge is 2.18. The summed E-state index contributed by atoms with van der Waals surface area (Å²) < 4.78 is 8.88. The molecular formula is C24H20Cl2N6O2. The van der Waals surface area contributed by atoms with Gasteiger partial charge in [-0.15, -0.1) is 0 Å². The maximum Gasteiger partial charge on any atom is 0.247 e. The van der Waals surface area contributed by atoms with E-state index in [1.54, 1.807) is 46.1 Å². The van der Waals surface area contributed by atoms with Crippen LogP contribution in [0.4, 0.5) is 5.82 Å². The molecule has 5 aromatic rings. The number of pyridine rings is 1. The van der Waals surface area contributed by atoms with E-state index >= 15 is 0 Å². The van der Waals surface area contributed by atoms with Gasteiger partial charge in [0, 0.05) is 39.1 Å². The van der Waals surface area contributed by atoms with Crippen LogP contribution in [0.15, 0.2) is 59.3 Å². The van der Waals surface area contributed by atoms with Crippen molar-refractivity contribution >= 4 is 46.0 Å². The number of amides is 1. The van der Waals surface area contributed by atoms with Crippen LogP contribution >= 0.6 is 23.2 Å². The van der Waals surface area contributed by atoms with Crippen LogP contribution in [-0.4, -0.2) is 30.5 Å². The first-order chi connectivity index (χ1) is 16.4. The molecule has 0 aliphatic heterocycles. The first-order valence-corrected chi connectivity index (χ1v) is 11.3. The summed E-state index contributed by atoms with van der Waals surface area (Å²) in [5, 5.41) is 13.8. The van der Waals surface area contributed by atoms with Gasteiger partial charge in [0.25, 0.3) is 0 Å². The second kappa shape index (κ2) is 8.96. The fourth-order valence-electron chi connectivity index (χ4n) is 3.91. The number of benzene rings is 1. The highest BCUT2D eigenvalue weighted by Crippen LogP contribution is 2.30. The predicted molar refractivity (Wildman–Crippen MR) is 131 cm³/mol. The Bertz CT molecular complexity index is 1480. The van der Waals surface area contributed by atoms with Gasteiger partial charge in [0.15, 0.2) is 11.5 Å². The number of fused-ring (bicyclic) bond motifs is 1. The molecule has 0 fully saturated rings. The molecule has 0 radical (unpaired) electrons. The first-order valence-electron chi connectivity index (χ1n) is 10.5. The number of rotatable bonds is 6. The summed E-state index contributed by atoms with van der Waals surface area (Å²) in [4.78, 5) is 17.3. The molecule has 4 aromatic heterocycles. The summed E-state index contributed by atoms with van der Waals surface area (Å²) in [6, 6.07) is 12.7. The summed E-state index contributed by atoms with van der Waals surface area (Å²) in [6.45, 7) is 4.16. The monoisotopic (exact) mass is 494 g/mol. The molecule has 0 atom stereocenters. The lowest BCUT2D eigenvalue weighted by Gasteiger charge is -2.08. The Kier molecular flexibility index (Phi) is 5.85. The second-order valence-corrected chi connectivity index (χ2v) is 8.67. The van der Waals surface area contributed by atoms with Gasteiger partial charge in [0.2, 0.25) is 5.91 Å². The number of carbonyl (C=O) groups is 1. The van der Waals surface area contributed by atoms with E-state index in [4.69, 9.17) is 27.6 Å². The van der Waals surface area contributed by atoms with Crippen LogP contribution in [0.5, 0.6) is 0 Å². The van der Waals surface area contributed by atoms with E-state index in [0.717, 1.165) is 33.7 Å². The predicted octanol–water partition coefficient (Wildman–Crippen LogP) is 5.50. The normalized spacial score (nSPS) is 11.3. The summed E-state index contributed by atoms with van der Waals surface area (Å²) in [6.07, 6.45) is 3.30. The quantitative estimate of drug-likeness (QED) is 0.336. The molecule has 0 aliphatic rings. The second-order valence-electron chi connectivity index (χ2n) is 7.85. The molecule has 0 saturated heterocycles. The van der Waals surface area contributed by atoms with E-state index in [2.05, 4.69) is 20.5 Å². The summed E-state index contributed by atoms with van der Waals surface area (Å²) >= 11 is 12.6. The minimum atomic E-state index is -0.268. The third-order valence-corrected chi connectivity index (χ3v) is 6.21. The van der Waals surface area contributed by atoms with Crippen molar-refractivity contribution in [1.82, 2.24) is 24.5 Å². The van der Waals surface area contributed by atoms with Gasteiger partial charge in [-0.05, 0) is 44.2 Å². The van der Waals surface area contributed by atoms with Crippen molar-refractivity contribution in [2.45, 2.75) is 26.9 Å². The van der Waals surface area contributed by atoms with Crippen LogP contribution in [0.2, 0.25) is 10.0 Å². The zero-order chi connectivity index (χ0) is 23.8. The van der Waals surface area contributed by atoms with Gasteiger partial charge in [0.1, 0.15) is 12.3 Å². The number of anilines is 1. The minimum Gasteiger partial charge on any atom is -0.464 e. The maximum absolute atomic E-state index is 12.8. The zero-order valence-electron chi connectivity index (χ0n) is 18.4. The molecule has 1 aromatic carbocycles. The molecule has 0 saturated carbocycles. The Balaban J connectivity index is 1.35. The molecule has 34 heavy (non-hydrogen) atoms. The largest absolute Gasteiger partial charge is 0.464 e. The van der Waals surface area contributed by atoms with Crippen molar-refractivity contribution in [3.63, 3.8) is 0 Å².